The first-order valence-electron chi connectivity index (χ1n) is 9.27. The molecule has 1 spiro atoms. The van der Waals surface area contributed by atoms with Crippen LogP contribution < -0.4 is 21.3 Å². The number of nitrogens with one attached hydrogen (secondary N) is 2. The number of anilines is 1. The monoisotopic (exact) mass is 482 g/mol. The van der Waals surface area contributed by atoms with Gasteiger partial charge in [0.15, 0.2) is 0 Å². The molecule has 10 nitrogen and oxygen atoms in total. The molecule has 1 atom stereocenters. The molecule has 2 aliphatic heterocycles. The third-order valence-corrected chi connectivity index (χ3v) is 5.51. The van der Waals surface area contributed by atoms with Crippen molar-refractivity contribution in [1.29, 1.82) is 0 Å². The summed E-state index contributed by atoms with van der Waals surface area (Å²) in [7, 11) is 0. The average molecular weight is 483 g/mol. The number of rotatable bonds is 2. The van der Waals surface area contributed by atoms with Crippen LogP contribution >= 0.6 is 15.9 Å². The second-order valence-electron chi connectivity index (χ2n) is 6.98. The van der Waals surface area contributed by atoms with Crippen molar-refractivity contribution in [2.24, 2.45) is 10.7 Å². The number of aliphatic imine (C=N–C) groups is 1. The van der Waals surface area contributed by atoms with Crippen molar-refractivity contribution in [2.45, 2.75) is 12.0 Å². The molecule has 2 aliphatic rings. The molecule has 4 heterocycles. The van der Waals surface area contributed by atoms with E-state index in [0.29, 0.717) is 30.3 Å². The number of hydrogen-bond donors (Lipinski definition) is 3. The maximum Gasteiger partial charge on any atom is 0.283 e. The number of pyridine rings is 1. The van der Waals surface area contributed by atoms with Gasteiger partial charge in [-0.25, -0.2) is 15.0 Å². The van der Waals surface area contributed by atoms with Crippen LogP contribution in [-0.2, 0) is 10.3 Å². The zero-order chi connectivity index (χ0) is 21.6. The lowest BCUT2D eigenvalue weighted by molar-refractivity contribution is 0.102. The van der Waals surface area contributed by atoms with E-state index in [9.17, 15) is 9.59 Å². The van der Waals surface area contributed by atoms with Crippen LogP contribution in [-0.4, -0.2) is 33.5 Å². The van der Waals surface area contributed by atoms with E-state index in [-0.39, 0.29) is 11.7 Å². The van der Waals surface area contributed by atoms with Crippen LogP contribution in [0.3, 0.4) is 0 Å². The summed E-state index contributed by atoms with van der Waals surface area (Å²) in [4.78, 5) is 39.0. The highest BCUT2D eigenvalue weighted by Gasteiger charge is 2.45. The fourth-order valence-corrected chi connectivity index (χ4v) is 4.04. The van der Waals surface area contributed by atoms with Gasteiger partial charge in [-0.15, -0.1) is 0 Å². The van der Waals surface area contributed by atoms with Crippen molar-refractivity contribution >= 4 is 33.5 Å². The number of nitrogens with zero attached hydrogens (tertiary/aromatic N) is 3. The first-order valence-corrected chi connectivity index (χ1v) is 10.1. The molecule has 156 valence electrons. The number of carbonyl (C=O) groups is 1. The smallest absolute Gasteiger partial charge is 0.283 e. The summed E-state index contributed by atoms with van der Waals surface area (Å²) in [5.74, 6) is 0.520. The van der Waals surface area contributed by atoms with Gasteiger partial charge in [0.1, 0.15) is 17.0 Å². The maximum absolute atomic E-state index is 12.5. The topological polar surface area (TPSA) is 145 Å². The number of hydrogen-bond acceptors (Lipinski definition) is 8. The third kappa shape index (κ3) is 3.32. The molecule has 2 aromatic heterocycles. The van der Waals surface area contributed by atoms with Gasteiger partial charge in [-0.3, -0.25) is 9.59 Å². The number of carbonyl (C=O) groups excluding carboxylic acids is 1. The Morgan fingerprint density at radius 1 is 1.23 bits per heavy atom. The van der Waals surface area contributed by atoms with Gasteiger partial charge in [0.25, 0.3) is 17.5 Å². The Hall–Kier alpha value is -3.73. The number of aromatic amines is 1. The van der Waals surface area contributed by atoms with Crippen molar-refractivity contribution in [3.05, 3.63) is 74.5 Å². The molecule has 1 amide bonds. The van der Waals surface area contributed by atoms with Gasteiger partial charge >= 0.3 is 0 Å². The molecule has 0 bridgehead atoms. The molecule has 1 aromatic carbocycles. The molecular weight excluding hydrogens is 468 g/mol. The summed E-state index contributed by atoms with van der Waals surface area (Å²) in [6.45, 7) is 0.360. The molecule has 0 radical (unpaired) electrons. The van der Waals surface area contributed by atoms with E-state index in [0.717, 1.165) is 21.8 Å². The summed E-state index contributed by atoms with van der Waals surface area (Å²) >= 11 is 3.46. The molecule has 0 aliphatic carbocycles. The Balaban J connectivity index is 1.59. The van der Waals surface area contributed by atoms with Crippen molar-refractivity contribution in [3.8, 4) is 11.6 Å². The molecule has 0 saturated carbocycles. The second-order valence-corrected chi connectivity index (χ2v) is 7.89. The minimum atomic E-state index is -0.876. The fraction of sp³-hybridized carbons (Fsp3) is 0.150. The normalized spacial score (nSPS) is 18.8. The van der Waals surface area contributed by atoms with Crippen LogP contribution in [0.1, 0.15) is 28.0 Å². The van der Waals surface area contributed by atoms with Crippen LogP contribution in [0, 0.1) is 0 Å². The third-order valence-electron chi connectivity index (χ3n) is 5.07. The van der Waals surface area contributed by atoms with Gasteiger partial charge in [0, 0.05) is 40.1 Å². The quantitative estimate of drug-likeness (QED) is 0.507. The zero-order valence-corrected chi connectivity index (χ0v) is 17.5. The molecule has 31 heavy (non-hydrogen) atoms. The van der Waals surface area contributed by atoms with E-state index in [4.69, 9.17) is 15.2 Å². The lowest BCUT2D eigenvalue weighted by Crippen LogP contribution is -2.38. The molecule has 11 heteroatoms. The summed E-state index contributed by atoms with van der Waals surface area (Å²) in [5, 5.41) is 2.78. The Bertz CT molecular complexity index is 1290. The first-order chi connectivity index (χ1) is 14.9. The van der Waals surface area contributed by atoms with Crippen molar-refractivity contribution < 1.29 is 14.3 Å². The Morgan fingerprint density at radius 3 is 2.87 bits per heavy atom. The summed E-state index contributed by atoms with van der Waals surface area (Å²) < 4.78 is 12.2. The highest BCUT2D eigenvalue weighted by atomic mass is 79.9. The predicted molar refractivity (Wildman–Crippen MR) is 114 cm³/mol. The van der Waals surface area contributed by atoms with Crippen LogP contribution in [0.4, 0.5) is 5.69 Å². The number of aromatic nitrogens is 3. The van der Waals surface area contributed by atoms with E-state index in [1.807, 2.05) is 6.07 Å². The number of benzene rings is 1. The highest BCUT2D eigenvalue weighted by molar-refractivity contribution is 9.10. The van der Waals surface area contributed by atoms with Crippen LogP contribution in [0.2, 0.25) is 0 Å². The zero-order valence-electron chi connectivity index (χ0n) is 15.9. The molecule has 0 saturated heterocycles. The van der Waals surface area contributed by atoms with E-state index >= 15 is 0 Å². The number of halogens is 1. The van der Waals surface area contributed by atoms with E-state index < -0.39 is 17.0 Å². The number of fused-ring (bicyclic) bond motifs is 4. The van der Waals surface area contributed by atoms with Gasteiger partial charge in [-0.1, -0.05) is 0 Å². The van der Waals surface area contributed by atoms with Crippen LogP contribution in [0.5, 0.6) is 11.6 Å². The highest BCUT2D eigenvalue weighted by Crippen LogP contribution is 2.52. The second kappa shape index (κ2) is 7.20. The van der Waals surface area contributed by atoms with Gasteiger partial charge in [0.2, 0.25) is 5.88 Å². The lowest BCUT2D eigenvalue weighted by atomic mass is 9.78. The van der Waals surface area contributed by atoms with E-state index in [1.165, 1.54) is 6.20 Å². The molecule has 3 aromatic rings. The summed E-state index contributed by atoms with van der Waals surface area (Å²) in [6, 6.07) is 7.18. The SMILES string of the molecule is NC1=N[C@@]2(CCO1)c1cc(NC(=O)c3c[nH]c(=O)cn3)ccc1Oc1ncc(Br)cc12. The van der Waals surface area contributed by atoms with Crippen LogP contribution in [0.15, 0.2) is 57.1 Å². The van der Waals surface area contributed by atoms with Crippen LogP contribution in [0.25, 0.3) is 0 Å². The number of amides is 1. The number of ether oxygens (including phenoxy) is 2. The minimum Gasteiger partial charge on any atom is -0.465 e. The first kappa shape index (κ1) is 19.2. The van der Waals surface area contributed by atoms with Gasteiger partial charge in [-0.05, 0) is 40.2 Å². The standard InChI is InChI=1S/C20H15BrN6O4/c21-10-5-13-18(25-7-10)31-15-2-1-11(26-17(29)14-8-24-16(28)9-23-14)6-12(15)20(13)3-4-30-19(22)27-20/h1-2,5-9H,3-4H2,(H2,22,27)(H,24,28)(H,26,29)/t20-/m0/s1. The molecular formula is C20H15BrN6O4. The number of nitrogens with two attached hydrogens (primary N) is 1. The van der Waals surface area contributed by atoms with Crippen molar-refractivity contribution in [1.82, 2.24) is 15.0 Å². The fourth-order valence-electron chi connectivity index (χ4n) is 3.70. The number of H-pyrrole nitrogens is 1. The lowest BCUT2D eigenvalue weighted by Gasteiger charge is -2.38. The molecule has 0 unspecified atom stereocenters. The summed E-state index contributed by atoms with van der Waals surface area (Å²) in [6.07, 6.45) is 4.46. The van der Waals surface area contributed by atoms with Crippen molar-refractivity contribution in [2.75, 3.05) is 11.9 Å². The maximum atomic E-state index is 12.5. The number of amidine groups is 1. The molecule has 5 rings (SSSR count). The van der Waals surface area contributed by atoms with Gasteiger partial charge < -0.3 is 25.5 Å². The van der Waals surface area contributed by atoms with E-state index in [2.05, 4.69) is 41.2 Å². The molecule has 0 fully saturated rings. The molecule has 4 N–H and O–H groups in total. The predicted octanol–water partition coefficient (Wildman–Crippen LogP) is 2.26. The average Bonchev–Trinajstić information content (AvgIpc) is 2.75. The largest absolute Gasteiger partial charge is 0.465 e. The van der Waals surface area contributed by atoms with Gasteiger partial charge in [0.05, 0.1) is 12.8 Å². The van der Waals surface area contributed by atoms with Crippen molar-refractivity contribution in [3.63, 3.8) is 0 Å². The van der Waals surface area contributed by atoms with E-state index in [1.54, 1.807) is 24.4 Å². The summed E-state index contributed by atoms with van der Waals surface area (Å²) in [5.41, 5.74) is 6.73. The Labute approximate surface area is 183 Å². The Kier molecular flexibility index (Phi) is 4.47. The Morgan fingerprint density at radius 2 is 2.10 bits per heavy atom. The van der Waals surface area contributed by atoms with Gasteiger partial charge in [-0.2, -0.15) is 0 Å². The minimum absolute atomic E-state index is 0.0666.